The smallest absolute Gasteiger partial charge is 0.421 e. The maximum Gasteiger partial charge on any atom is 0.421 e. The lowest BCUT2D eigenvalue weighted by Crippen LogP contribution is -2.68. The Morgan fingerprint density at radius 1 is 1.08 bits per heavy atom. The van der Waals surface area contributed by atoms with E-state index in [1.807, 2.05) is 13.8 Å². The number of hydrogen-bond acceptors (Lipinski definition) is 4. The zero-order valence-corrected chi connectivity index (χ0v) is 20.6. The fraction of sp³-hybridized carbons (Fsp3) is 0.231. The van der Waals surface area contributed by atoms with Crippen LogP contribution in [0.25, 0.3) is 16.8 Å². The number of hydrogen-bond donors (Lipinski definition) is 3. The number of carbonyl (C=O) groups excluding carboxylic acids is 1. The fourth-order valence-corrected chi connectivity index (χ4v) is 4.68. The number of alkyl halides is 3. The highest BCUT2D eigenvalue weighted by molar-refractivity contribution is 5.97. The molecule has 4 aromatic rings. The fourth-order valence-electron chi connectivity index (χ4n) is 4.68. The molecule has 0 aliphatic carbocycles. The third-order valence-corrected chi connectivity index (χ3v) is 6.88. The van der Waals surface area contributed by atoms with Crippen molar-refractivity contribution in [1.82, 2.24) is 24.8 Å². The van der Waals surface area contributed by atoms with Crippen LogP contribution in [0.2, 0.25) is 0 Å². The molecule has 0 spiro atoms. The predicted octanol–water partition coefficient (Wildman–Crippen LogP) is 4.08. The number of likely N-dealkylation sites (tertiary alicyclic amines) is 1. The molecule has 0 radical (unpaired) electrons. The summed E-state index contributed by atoms with van der Waals surface area (Å²) in [4.78, 5) is 41.0. The number of H-pyrrole nitrogens is 1. The Bertz CT molecular complexity index is 1690. The van der Waals surface area contributed by atoms with Crippen molar-refractivity contribution in [2.45, 2.75) is 25.6 Å². The van der Waals surface area contributed by atoms with Gasteiger partial charge in [-0.15, -0.1) is 0 Å². The van der Waals surface area contributed by atoms with Crippen LogP contribution in [0.3, 0.4) is 0 Å². The first-order chi connectivity index (χ1) is 18.3. The van der Waals surface area contributed by atoms with Crippen molar-refractivity contribution < 1.29 is 32.3 Å². The van der Waals surface area contributed by atoms with Crippen LogP contribution in [-0.4, -0.2) is 49.7 Å². The van der Waals surface area contributed by atoms with E-state index in [0.29, 0.717) is 11.1 Å². The second kappa shape index (κ2) is 8.96. The summed E-state index contributed by atoms with van der Waals surface area (Å²) in [5.41, 5.74) is -3.09. The van der Waals surface area contributed by atoms with Gasteiger partial charge in [0, 0.05) is 0 Å². The van der Waals surface area contributed by atoms with Crippen LogP contribution in [0.5, 0.6) is 0 Å². The van der Waals surface area contributed by atoms with Gasteiger partial charge < -0.3 is 20.3 Å². The Hall–Kier alpha value is -4.68. The number of aromatic nitrogens is 3. The van der Waals surface area contributed by atoms with Crippen molar-refractivity contribution in [1.29, 1.82) is 0 Å². The molecule has 1 aliphatic rings. The molecular weight excluding hydrogens is 522 g/mol. The van der Waals surface area contributed by atoms with Gasteiger partial charge in [-0.05, 0) is 54.3 Å². The molecule has 2 aromatic heterocycles. The molecule has 3 N–H and O–H groups in total. The minimum atomic E-state index is -5.13. The summed E-state index contributed by atoms with van der Waals surface area (Å²) in [5, 5.41) is 15.6. The van der Waals surface area contributed by atoms with Gasteiger partial charge in [0.15, 0.2) is 5.69 Å². The molecule has 1 fully saturated rings. The number of aryl methyl sites for hydroxylation is 2. The average molecular weight is 543 g/mol. The van der Waals surface area contributed by atoms with E-state index in [4.69, 9.17) is 0 Å². The van der Waals surface area contributed by atoms with Crippen molar-refractivity contribution in [2.75, 3.05) is 13.1 Å². The highest BCUT2D eigenvalue weighted by atomic mass is 19.4. The topological polar surface area (TPSA) is 120 Å². The summed E-state index contributed by atoms with van der Waals surface area (Å²) in [6.45, 7) is 3.16. The largest absolute Gasteiger partial charge is 0.465 e. The van der Waals surface area contributed by atoms with Crippen LogP contribution in [0.1, 0.15) is 32.7 Å². The molecule has 1 saturated heterocycles. The van der Waals surface area contributed by atoms with Gasteiger partial charge >= 0.3 is 12.3 Å². The molecule has 39 heavy (non-hydrogen) atoms. The molecule has 3 heterocycles. The number of amides is 2. The van der Waals surface area contributed by atoms with Crippen molar-refractivity contribution in [3.63, 3.8) is 0 Å². The van der Waals surface area contributed by atoms with E-state index in [-0.39, 0.29) is 18.8 Å². The molecule has 0 unspecified atom stereocenters. The van der Waals surface area contributed by atoms with Crippen LogP contribution in [0, 0.1) is 19.7 Å². The third kappa shape index (κ3) is 4.49. The molecule has 13 heteroatoms. The maximum atomic E-state index is 14.2. The molecule has 202 valence electrons. The van der Waals surface area contributed by atoms with Gasteiger partial charge in [-0.1, -0.05) is 24.3 Å². The van der Waals surface area contributed by atoms with E-state index in [2.05, 4.69) is 15.4 Å². The molecule has 0 bridgehead atoms. The normalized spacial score (nSPS) is 14.8. The number of aromatic amines is 1. The van der Waals surface area contributed by atoms with Crippen molar-refractivity contribution in [2.24, 2.45) is 0 Å². The second-order valence-electron chi connectivity index (χ2n) is 9.49. The summed E-state index contributed by atoms with van der Waals surface area (Å²) in [6, 6.07) is 10.0. The SMILES string of the molecule is Cc1ccc(-c2cn3nc(C(=O)NC4(c5ccc(F)cc5)CN(C(=O)O)C4)c(C(F)(F)F)c3c(=O)[nH]2)cc1C. The van der Waals surface area contributed by atoms with E-state index < -0.39 is 51.9 Å². The Balaban J connectivity index is 1.60. The Labute approximate surface area is 217 Å². The number of rotatable bonds is 4. The summed E-state index contributed by atoms with van der Waals surface area (Å²) in [7, 11) is 0. The molecule has 0 saturated carbocycles. The lowest BCUT2D eigenvalue weighted by molar-refractivity contribution is -0.136. The predicted molar refractivity (Wildman–Crippen MR) is 131 cm³/mol. The van der Waals surface area contributed by atoms with Gasteiger partial charge in [0.05, 0.1) is 25.0 Å². The van der Waals surface area contributed by atoms with E-state index >= 15 is 0 Å². The molecule has 2 aromatic carbocycles. The van der Waals surface area contributed by atoms with E-state index in [0.717, 1.165) is 32.7 Å². The molecule has 2 amide bonds. The highest BCUT2D eigenvalue weighted by Crippen LogP contribution is 2.37. The van der Waals surface area contributed by atoms with Gasteiger partial charge in [-0.2, -0.15) is 18.3 Å². The maximum absolute atomic E-state index is 14.2. The molecular formula is C26H21F4N5O4. The molecule has 5 rings (SSSR count). The van der Waals surface area contributed by atoms with Gasteiger partial charge in [-0.3, -0.25) is 9.59 Å². The van der Waals surface area contributed by atoms with Gasteiger partial charge in [0.1, 0.15) is 22.4 Å². The van der Waals surface area contributed by atoms with Crippen molar-refractivity contribution in [3.8, 4) is 11.3 Å². The standard InChI is InChI=1S/C26H21F4N5O4/c1-13-3-4-15(9-14(13)2)18-10-35-21(23(37)31-18)19(26(28,29)30)20(33-35)22(36)32-25(11-34(12-25)24(38)39)16-5-7-17(27)8-6-16/h3-10H,11-12H2,1-2H3,(H,31,37)(H,32,36)(H,38,39). The number of nitrogens with one attached hydrogen (secondary N) is 2. The Morgan fingerprint density at radius 2 is 1.74 bits per heavy atom. The van der Waals surface area contributed by atoms with Crippen molar-refractivity contribution in [3.05, 3.63) is 92.8 Å². The monoisotopic (exact) mass is 543 g/mol. The number of halogens is 4. The zero-order chi connectivity index (χ0) is 28.3. The number of carbonyl (C=O) groups is 2. The first-order valence-corrected chi connectivity index (χ1v) is 11.7. The van der Waals surface area contributed by atoms with E-state index in [9.17, 15) is 37.1 Å². The van der Waals surface area contributed by atoms with Crippen molar-refractivity contribution >= 4 is 17.5 Å². The Kier molecular flexibility index (Phi) is 5.96. The molecule has 1 aliphatic heterocycles. The summed E-state index contributed by atoms with van der Waals surface area (Å²) < 4.78 is 56.9. The lowest BCUT2D eigenvalue weighted by atomic mass is 9.82. The number of nitrogens with zero attached hydrogens (tertiary/aromatic N) is 3. The number of carboxylic acid groups (broad SMARTS) is 1. The van der Waals surface area contributed by atoms with Crippen LogP contribution < -0.4 is 10.9 Å². The quantitative estimate of drug-likeness (QED) is 0.335. The first kappa shape index (κ1) is 25.9. The third-order valence-electron chi connectivity index (χ3n) is 6.88. The summed E-state index contributed by atoms with van der Waals surface area (Å²) >= 11 is 0. The minimum absolute atomic E-state index is 0.192. The van der Waals surface area contributed by atoms with E-state index in [1.165, 1.54) is 18.3 Å². The number of benzene rings is 2. The van der Waals surface area contributed by atoms with Gasteiger partial charge in [0.25, 0.3) is 11.5 Å². The second-order valence-corrected chi connectivity index (χ2v) is 9.49. The van der Waals surface area contributed by atoms with Crippen LogP contribution in [0.15, 0.2) is 53.5 Å². The average Bonchev–Trinajstić information content (AvgIpc) is 3.24. The van der Waals surface area contributed by atoms with Gasteiger partial charge in [-0.25, -0.2) is 13.7 Å². The van der Waals surface area contributed by atoms with Crippen LogP contribution in [0.4, 0.5) is 22.4 Å². The van der Waals surface area contributed by atoms with E-state index in [1.54, 1.807) is 18.2 Å². The summed E-state index contributed by atoms with van der Waals surface area (Å²) in [6.07, 6.45) is -5.23. The highest BCUT2D eigenvalue weighted by Gasteiger charge is 2.50. The van der Waals surface area contributed by atoms with Gasteiger partial charge in [0.2, 0.25) is 0 Å². The Morgan fingerprint density at radius 3 is 2.33 bits per heavy atom. The minimum Gasteiger partial charge on any atom is -0.465 e. The molecule has 0 atom stereocenters. The lowest BCUT2D eigenvalue weighted by Gasteiger charge is -2.49. The summed E-state index contributed by atoms with van der Waals surface area (Å²) in [5.74, 6) is -1.86. The number of fused-ring (bicyclic) bond motifs is 1. The van der Waals surface area contributed by atoms with Crippen LogP contribution in [-0.2, 0) is 11.7 Å². The zero-order valence-electron chi connectivity index (χ0n) is 20.6. The first-order valence-electron chi connectivity index (χ1n) is 11.7. The van der Waals surface area contributed by atoms with Crippen LogP contribution >= 0.6 is 0 Å². The molecule has 9 nitrogen and oxygen atoms in total.